The predicted octanol–water partition coefficient (Wildman–Crippen LogP) is 0.948. The average Bonchev–Trinajstić information content (AvgIpc) is 2.48. The Morgan fingerprint density at radius 2 is 1.88 bits per heavy atom. The van der Waals surface area contributed by atoms with E-state index in [-0.39, 0.29) is 0 Å². The summed E-state index contributed by atoms with van der Waals surface area (Å²) in [5.74, 6) is 1.44. The molecule has 0 aromatic heterocycles. The molecule has 0 radical (unpaired) electrons. The molecular weight excluding hydrogens is 328 g/mol. The van der Waals surface area contributed by atoms with Gasteiger partial charge in [-0.25, -0.2) is 13.1 Å². The van der Waals surface area contributed by atoms with E-state index in [1.165, 1.54) is 0 Å². The second-order valence-corrected chi connectivity index (χ2v) is 7.79. The Labute approximate surface area is 145 Å². The first-order chi connectivity index (χ1) is 11.2. The second-order valence-electron chi connectivity index (χ2n) is 6.04. The van der Waals surface area contributed by atoms with Gasteiger partial charge >= 0.3 is 0 Å². The van der Waals surface area contributed by atoms with Gasteiger partial charge in [-0.15, -0.1) is 0 Å². The monoisotopic (exact) mass is 356 g/mol. The first-order valence-corrected chi connectivity index (χ1v) is 9.80. The molecule has 0 bridgehead atoms. The summed E-state index contributed by atoms with van der Waals surface area (Å²) >= 11 is 0. The minimum atomic E-state index is -3.27. The fourth-order valence-electron chi connectivity index (χ4n) is 2.01. The van der Waals surface area contributed by atoms with Crippen molar-refractivity contribution in [2.75, 3.05) is 32.5 Å². The topological polar surface area (TPSA) is 91.8 Å². The molecule has 1 aromatic rings. The fraction of sp³-hybridized carbons (Fsp3) is 0.562. The van der Waals surface area contributed by atoms with Crippen molar-refractivity contribution in [2.24, 2.45) is 4.99 Å². The maximum atomic E-state index is 11.4. The summed E-state index contributed by atoms with van der Waals surface area (Å²) in [5.41, 5.74) is -0.656. The summed E-state index contributed by atoms with van der Waals surface area (Å²) in [7, 11) is -3.27. The van der Waals surface area contributed by atoms with E-state index in [0.717, 1.165) is 12.0 Å². The zero-order valence-electron chi connectivity index (χ0n) is 14.8. The van der Waals surface area contributed by atoms with Crippen molar-refractivity contribution in [3.05, 3.63) is 30.3 Å². The highest BCUT2D eigenvalue weighted by atomic mass is 32.2. The van der Waals surface area contributed by atoms with Crippen LogP contribution in [0.5, 0.6) is 5.75 Å². The summed E-state index contributed by atoms with van der Waals surface area (Å²) < 4.78 is 30.9. The number of hydrogen-bond donors (Lipinski definition) is 3. The van der Waals surface area contributed by atoms with Crippen LogP contribution >= 0.6 is 0 Å². The molecule has 0 aliphatic carbocycles. The highest BCUT2D eigenvalue weighted by Gasteiger charge is 2.21. The maximum absolute atomic E-state index is 11.4. The average molecular weight is 356 g/mol. The van der Waals surface area contributed by atoms with Crippen LogP contribution < -0.4 is 20.1 Å². The summed E-state index contributed by atoms with van der Waals surface area (Å²) in [6, 6.07) is 9.58. The molecule has 0 spiro atoms. The summed E-state index contributed by atoms with van der Waals surface area (Å²) in [4.78, 5) is 4.43. The van der Waals surface area contributed by atoms with Crippen molar-refractivity contribution in [3.8, 4) is 5.75 Å². The highest BCUT2D eigenvalue weighted by molar-refractivity contribution is 7.88. The van der Waals surface area contributed by atoms with E-state index in [4.69, 9.17) is 4.74 Å². The van der Waals surface area contributed by atoms with Gasteiger partial charge in [0.05, 0.1) is 19.3 Å². The Morgan fingerprint density at radius 1 is 1.21 bits per heavy atom. The summed E-state index contributed by atoms with van der Waals surface area (Å²) in [6.07, 6.45) is 1.14. The van der Waals surface area contributed by atoms with Gasteiger partial charge in [-0.3, -0.25) is 4.99 Å². The lowest BCUT2D eigenvalue weighted by Gasteiger charge is -2.23. The lowest BCUT2D eigenvalue weighted by Crippen LogP contribution is -2.47. The molecule has 1 rings (SSSR count). The van der Waals surface area contributed by atoms with E-state index in [0.29, 0.717) is 32.2 Å². The van der Waals surface area contributed by atoms with Gasteiger partial charge in [0.2, 0.25) is 10.0 Å². The molecule has 3 N–H and O–H groups in total. The van der Waals surface area contributed by atoms with Gasteiger partial charge in [0, 0.05) is 12.1 Å². The second kappa shape index (κ2) is 9.48. The molecule has 0 fully saturated rings. The number of nitrogens with zero attached hydrogens (tertiary/aromatic N) is 1. The zero-order valence-corrected chi connectivity index (χ0v) is 15.6. The quantitative estimate of drug-likeness (QED) is 0.348. The van der Waals surface area contributed by atoms with Crippen LogP contribution in [0.25, 0.3) is 0 Å². The predicted molar refractivity (Wildman–Crippen MR) is 98.0 cm³/mol. The van der Waals surface area contributed by atoms with Crippen LogP contribution in [0.15, 0.2) is 35.3 Å². The van der Waals surface area contributed by atoms with Gasteiger partial charge in [-0.2, -0.15) is 0 Å². The minimum Gasteiger partial charge on any atom is -0.492 e. The number of sulfonamides is 1. The molecule has 1 aromatic carbocycles. The summed E-state index contributed by atoms with van der Waals surface area (Å²) in [6.45, 7) is 7.66. The molecule has 0 amide bonds. The maximum Gasteiger partial charge on any atom is 0.209 e. The van der Waals surface area contributed by atoms with Crippen LogP contribution in [-0.2, 0) is 10.0 Å². The van der Waals surface area contributed by atoms with Crippen LogP contribution in [0.1, 0.15) is 20.8 Å². The molecule has 0 aliphatic rings. The minimum absolute atomic E-state index is 0.314. The normalized spacial score (nSPS) is 12.8. The van der Waals surface area contributed by atoms with Crippen LogP contribution in [0, 0.1) is 0 Å². The Kier molecular flexibility index (Phi) is 8.00. The van der Waals surface area contributed by atoms with Crippen LogP contribution in [0.2, 0.25) is 0 Å². The molecule has 7 nitrogen and oxygen atoms in total. The highest BCUT2D eigenvalue weighted by Crippen LogP contribution is 2.07. The molecule has 136 valence electrons. The van der Waals surface area contributed by atoms with Gasteiger partial charge < -0.3 is 15.4 Å². The number of ether oxygens (including phenoxy) is 1. The summed E-state index contributed by atoms with van der Waals surface area (Å²) in [5, 5.41) is 6.29. The molecule has 0 saturated carbocycles. The molecule has 0 atom stereocenters. The Hall–Kier alpha value is -1.80. The van der Waals surface area contributed by atoms with Crippen molar-refractivity contribution in [1.82, 2.24) is 15.4 Å². The van der Waals surface area contributed by atoms with E-state index >= 15 is 0 Å². The largest absolute Gasteiger partial charge is 0.492 e. The number of para-hydroxylation sites is 1. The van der Waals surface area contributed by atoms with E-state index in [1.54, 1.807) is 13.8 Å². The lowest BCUT2D eigenvalue weighted by molar-refractivity contribution is 0.322. The van der Waals surface area contributed by atoms with Gasteiger partial charge in [-0.1, -0.05) is 18.2 Å². The molecule has 0 unspecified atom stereocenters. The molecular formula is C16H28N4O3S. The molecule has 0 heterocycles. The number of nitrogens with one attached hydrogen (secondary N) is 3. The number of benzene rings is 1. The SMILES string of the molecule is CCNC(=NCC(C)(C)NS(C)(=O)=O)NCCOc1ccccc1. The Morgan fingerprint density at radius 3 is 2.46 bits per heavy atom. The van der Waals surface area contributed by atoms with Crippen LogP contribution in [-0.4, -0.2) is 52.4 Å². The van der Waals surface area contributed by atoms with Crippen LogP contribution in [0.4, 0.5) is 0 Å². The van der Waals surface area contributed by atoms with Crippen LogP contribution in [0.3, 0.4) is 0 Å². The van der Waals surface area contributed by atoms with Crippen molar-refractivity contribution >= 4 is 16.0 Å². The molecule has 0 saturated heterocycles. The number of guanidine groups is 1. The first-order valence-electron chi connectivity index (χ1n) is 7.91. The van der Waals surface area contributed by atoms with Gasteiger partial charge in [0.25, 0.3) is 0 Å². The van der Waals surface area contributed by atoms with E-state index in [1.807, 2.05) is 37.3 Å². The molecule has 8 heteroatoms. The van der Waals surface area contributed by atoms with Crippen molar-refractivity contribution in [2.45, 2.75) is 26.3 Å². The standard InChI is InChI=1S/C16H28N4O3S/c1-5-17-15(19-13-16(2,3)20-24(4,21)22)18-11-12-23-14-9-7-6-8-10-14/h6-10,20H,5,11-13H2,1-4H3,(H2,17,18,19). The van der Waals surface area contributed by atoms with E-state index < -0.39 is 15.6 Å². The zero-order chi connectivity index (χ0) is 18.1. The lowest BCUT2D eigenvalue weighted by atomic mass is 10.1. The Bertz CT molecular complexity index is 615. The third-order valence-corrected chi connectivity index (χ3v) is 3.77. The van der Waals surface area contributed by atoms with Crippen molar-refractivity contribution in [3.63, 3.8) is 0 Å². The molecule has 0 aliphatic heterocycles. The molecule has 24 heavy (non-hydrogen) atoms. The van der Waals surface area contributed by atoms with E-state index in [9.17, 15) is 8.42 Å². The Balaban J connectivity index is 2.47. The first kappa shape index (κ1) is 20.2. The number of rotatable bonds is 9. The van der Waals surface area contributed by atoms with Crippen molar-refractivity contribution < 1.29 is 13.2 Å². The van der Waals surface area contributed by atoms with Gasteiger partial charge in [-0.05, 0) is 32.9 Å². The third-order valence-electron chi connectivity index (χ3n) is 2.84. The van der Waals surface area contributed by atoms with Crippen molar-refractivity contribution in [1.29, 1.82) is 0 Å². The smallest absolute Gasteiger partial charge is 0.209 e. The number of hydrogen-bond acceptors (Lipinski definition) is 4. The third kappa shape index (κ3) is 9.36. The van der Waals surface area contributed by atoms with E-state index in [2.05, 4.69) is 20.3 Å². The van der Waals surface area contributed by atoms with Gasteiger partial charge in [0.1, 0.15) is 12.4 Å². The fourth-order valence-corrected chi connectivity index (χ4v) is 3.08. The number of aliphatic imine (C=N–C) groups is 1. The van der Waals surface area contributed by atoms with Gasteiger partial charge in [0.15, 0.2) is 5.96 Å².